The van der Waals surface area contributed by atoms with Crippen LogP contribution in [0.4, 0.5) is 17.3 Å². The SMILES string of the molecule is COCCN1CC(=O)N(c2ccc(-c3ncn[nH]3)cc2)c2nccnc21. The van der Waals surface area contributed by atoms with Gasteiger partial charge in [0.05, 0.1) is 18.8 Å². The third-order valence-electron chi connectivity index (χ3n) is 4.13. The third kappa shape index (κ3) is 2.88. The molecule has 132 valence electrons. The number of aromatic nitrogens is 5. The number of carbonyl (C=O) groups is 1. The molecule has 4 rings (SSSR count). The van der Waals surface area contributed by atoms with E-state index in [1.807, 2.05) is 29.2 Å². The first-order chi connectivity index (χ1) is 12.8. The van der Waals surface area contributed by atoms with E-state index in [1.54, 1.807) is 24.4 Å². The number of methoxy groups -OCH3 is 1. The molecule has 26 heavy (non-hydrogen) atoms. The molecule has 1 N–H and O–H groups in total. The van der Waals surface area contributed by atoms with Crippen molar-refractivity contribution < 1.29 is 9.53 Å². The van der Waals surface area contributed by atoms with Gasteiger partial charge < -0.3 is 9.64 Å². The Morgan fingerprint density at radius 2 is 1.88 bits per heavy atom. The monoisotopic (exact) mass is 351 g/mol. The molecule has 0 saturated heterocycles. The first kappa shape index (κ1) is 16.2. The Labute approximate surface area is 149 Å². The Bertz CT molecular complexity index is 896. The zero-order valence-corrected chi connectivity index (χ0v) is 14.2. The van der Waals surface area contributed by atoms with Crippen LogP contribution in [-0.2, 0) is 9.53 Å². The maximum Gasteiger partial charge on any atom is 0.252 e. The average Bonchev–Trinajstić information content (AvgIpc) is 3.21. The largest absolute Gasteiger partial charge is 0.383 e. The van der Waals surface area contributed by atoms with Crippen LogP contribution in [0.25, 0.3) is 11.4 Å². The minimum atomic E-state index is -0.0680. The van der Waals surface area contributed by atoms with E-state index in [0.717, 1.165) is 11.3 Å². The van der Waals surface area contributed by atoms with E-state index in [2.05, 4.69) is 25.1 Å². The highest BCUT2D eigenvalue weighted by molar-refractivity contribution is 6.06. The quantitative estimate of drug-likeness (QED) is 0.741. The molecular formula is C17H17N7O2. The molecule has 1 aliphatic rings. The van der Waals surface area contributed by atoms with Crippen molar-refractivity contribution in [3.05, 3.63) is 43.0 Å². The highest BCUT2D eigenvalue weighted by Crippen LogP contribution is 2.35. The number of nitrogens with zero attached hydrogens (tertiary/aromatic N) is 6. The number of H-pyrrole nitrogens is 1. The topological polar surface area (TPSA) is 100 Å². The predicted molar refractivity (Wildman–Crippen MR) is 95.1 cm³/mol. The molecule has 2 aromatic heterocycles. The predicted octanol–water partition coefficient (Wildman–Crippen LogP) is 1.39. The summed E-state index contributed by atoms with van der Waals surface area (Å²) in [5.41, 5.74) is 1.61. The van der Waals surface area contributed by atoms with E-state index in [9.17, 15) is 4.79 Å². The summed E-state index contributed by atoms with van der Waals surface area (Å²) >= 11 is 0. The van der Waals surface area contributed by atoms with Crippen molar-refractivity contribution in [2.24, 2.45) is 0 Å². The van der Waals surface area contributed by atoms with Gasteiger partial charge in [-0.3, -0.25) is 14.8 Å². The molecule has 0 aliphatic carbocycles. The van der Waals surface area contributed by atoms with Crippen molar-refractivity contribution in [1.82, 2.24) is 25.1 Å². The number of fused-ring (bicyclic) bond motifs is 1. The normalized spacial score (nSPS) is 13.8. The number of amides is 1. The van der Waals surface area contributed by atoms with Gasteiger partial charge in [0.25, 0.3) is 5.91 Å². The third-order valence-corrected chi connectivity index (χ3v) is 4.13. The van der Waals surface area contributed by atoms with E-state index in [-0.39, 0.29) is 12.5 Å². The zero-order valence-electron chi connectivity index (χ0n) is 14.2. The number of benzene rings is 1. The molecule has 0 bridgehead atoms. The van der Waals surface area contributed by atoms with Gasteiger partial charge >= 0.3 is 0 Å². The van der Waals surface area contributed by atoms with Crippen LogP contribution < -0.4 is 9.80 Å². The van der Waals surface area contributed by atoms with Gasteiger partial charge in [-0.2, -0.15) is 5.10 Å². The minimum Gasteiger partial charge on any atom is -0.383 e. The van der Waals surface area contributed by atoms with Crippen LogP contribution in [0.5, 0.6) is 0 Å². The standard InChI is InChI=1S/C17H17N7O2/c1-26-9-8-23-10-14(25)24(17-16(23)18-6-7-19-17)13-4-2-12(3-5-13)15-20-11-21-22-15/h2-7,11H,8-10H2,1H3,(H,20,21,22). The first-order valence-electron chi connectivity index (χ1n) is 8.11. The van der Waals surface area contributed by atoms with Crippen molar-refractivity contribution in [3.63, 3.8) is 0 Å². The van der Waals surface area contributed by atoms with E-state index in [1.165, 1.54) is 6.33 Å². The Kier molecular flexibility index (Phi) is 4.28. The maximum absolute atomic E-state index is 12.8. The smallest absolute Gasteiger partial charge is 0.252 e. The van der Waals surface area contributed by atoms with Crippen LogP contribution in [0.3, 0.4) is 0 Å². The summed E-state index contributed by atoms with van der Waals surface area (Å²) in [4.78, 5) is 29.2. The van der Waals surface area contributed by atoms with Crippen molar-refractivity contribution in [1.29, 1.82) is 0 Å². The molecule has 9 heteroatoms. The fourth-order valence-corrected chi connectivity index (χ4v) is 2.90. The highest BCUT2D eigenvalue weighted by atomic mass is 16.5. The van der Waals surface area contributed by atoms with Crippen LogP contribution >= 0.6 is 0 Å². The van der Waals surface area contributed by atoms with Crippen molar-refractivity contribution in [2.75, 3.05) is 36.6 Å². The van der Waals surface area contributed by atoms with Gasteiger partial charge in [0, 0.05) is 31.6 Å². The number of nitrogens with one attached hydrogen (secondary N) is 1. The summed E-state index contributed by atoms with van der Waals surface area (Å²) in [5.74, 6) is 1.80. The lowest BCUT2D eigenvalue weighted by atomic mass is 10.1. The molecule has 0 unspecified atom stereocenters. The lowest BCUT2D eigenvalue weighted by Gasteiger charge is -2.35. The second-order valence-electron chi connectivity index (χ2n) is 5.73. The van der Waals surface area contributed by atoms with Crippen LogP contribution in [0.15, 0.2) is 43.0 Å². The number of hydrogen-bond donors (Lipinski definition) is 1. The summed E-state index contributed by atoms with van der Waals surface area (Å²) < 4.78 is 5.13. The number of aromatic amines is 1. The number of rotatable bonds is 5. The van der Waals surface area contributed by atoms with Gasteiger partial charge in [0.2, 0.25) is 0 Å². The average molecular weight is 351 g/mol. The van der Waals surface area contributed by atoms with Crippen LogP contribution in [0, 0.1) is 0 Å². The summed E-state index contributed by atoms with van der Waals surface area (Å²) in [5, 5.41) is 6.67. The van der Waals surface area contributed by atoms with Gasteiger partial charge in [0.15, 0.2) is 17.5 Å². The number of carbonyl (C=O) groups excluding carboxylic acids is 1. The van der Waals surface area contributed by atoms with E-state index in [0.29, 0.717) is 30.6 Å². The van der Waals surface area contributed by atoms with Crippen LogP contribution in [0.2, 0.25) is 0 Å². The zero-order chi connectivity index (χ0) is 17.9. The fraction of sp³-hybridized carbons (Fsp3) is 0.235. The molecule has 0 saturated carbocycles. The number of anilines is 3. The summed E-state index contributed by atoms with van der Waals surface area (Å²) in [6, 6.07) is 7.49. The molecule has 0 spiro atoms. The molecule has 3 aromatic rings. The van der Waals surface area contributed by atoms with Crippen molar-refractivity contribution in [2.45, 2.75) is 0 Å². The number of hydrogen-bond acceptors (Lipinski definition) is 7. The molecule has 0 atom stereocenters. The Hall–Kier alpha value is -3.33. The molecule has 9 nitrogen and oxygen atoms in total. The summed E-state index contributed by atoms with van der Waals surface area (Å²) in [6.07, 6.45) is 4.67. The Balaban J connectivity index is 1.68. The fourth-order valence-electron chi connectivity index (χ4n) is 2.90. The van der Waals surface area contributed by atoms with E-state index >= 15 is 0 Å². The van der Waals surface area contributed by atoms with Gasteiger partial charge in [-0.15, -0.1) is 0 Å². The van der Waals surface area contributed by atoms with Crippen molar-refractivity contribution >= 4 is 23.2 Å². The van der Waals surface area contributed by atoms with E-state index in [4.69, 9.17) is 4.74 Å². The van der Waals surface area contributed by atoms with E-state index < -0.39 is 0 Å². The minimum absolute atomic E-state index is 0.0680. The Morgan fingerprint density at radius 1 is 1.12 bits per heavy atom. The molecule has 0 radical (unpaired) electrons. The molecule has 3 heterocycles. The van der Waals surface area contributed by atoms with Crippen LogP contribution in [0.1, 0.15) is 0 Å². The highest BCUT2D eigenvalue weighted by Gasteiger charge is 2.32. The molecule has 0 fully saturated rings. The van der Waals surface area contributed by atoms with Gasteiger partial charge in [-0.05, 0) is 24.3 Å². The number of ether oxygens (including phenoxy) is 1. The Morgan fingerprint density at radius 3 is 2.58 bits per heavy atom. The molecule has 1 amide bonds. The summed E-state index contributed by atoms with van der Waals surface area (Å²) in [7, 11) is 1.63. The molecular weight excluding hydrogens is 334 g/mol. The second kappa shape index (κ2) is 6.89. The van der Waals surface area contributed by atoms with Crippen LogP contribution in [-0.4, -0.2) is 57.9 Å². The van der Waals surface area contributed by atoms with Crippen molar-refractivity contribution in [3.8, 4) is 11.4 Å². The lowest BCUT2D eigenvalue weighted by molar-refractivity contribution is -0.116. The van der Waals surface area contributed by atoms with Gasteiger partial charge in [-0.25, -0.2) is 15.0 Å². The molecule has 1 aliphatic heterocycles. The maximum atomic E-state index is 12.8. The first-order valence-corrected chi connectivity index (χ1v) is 8.11. The lowest BCUT2D eigenvalue weighted by Crippen LogP contribution is -2.45. The van der Waals surface area contributed by atoms with Gasteiger partial charge in [0.1, 0.15) is 6.33 Å². The summed E-state index contributed by atoms with van der Waals surface area (Å²) in [6.45, 7) is 1.31. The second-order valence-corrected chi connectivity index (χ2v) is 5.73. The molecule has 1 aromatic carbocycles. The van der Waals surface area contributed by atoms with Gasteiger partial charge in [-0.1, -0.05) is 0 Å².